The maximum Gasteiger partial charge on any atom is 0.334 e. The van der Waals surface area contributed by atoms with E-state index >= 15 is 0 Å². The van der Waals surface area contributed by atoms with Crippen molar-refractivity contribution in [3.8, 4) is 0 Å². The van der Waals surface area contributed by atoms with E-state index in [4.69, 9.17) is 16.6 Å². The van der Waals surface area contributed by atoms with Crippen LogP contribution in [0.2, 0.25) is 5.02 Å². The molecule has 3 N–H and O–H groups in total. The summed E-state index contributed by atoms with van der Waals surface area (Å²) >= 11 is 9.65. The Labute approximate surface area is 246 Å². The van der Waals surface area contributed by atoms with Crippen LogP contribution in [-0.2, 0) is 24.2 Å². The highest BCUT2D eigenvalue weighted by molar-refractivity contribution is 9.10. The molecule has 0 aliphatic heterocycles. The summed E-state index contributed by atoms with van der Waals surface area (Å²) in [6, 6.07) is 13.4. The quantitative estimate of drug-likeness (QED) is 0.137. The fourth-order valence-electron chi connectivity index (χ4n) is 4.76. The average Bonchev–Trinajstić information content (AvgIpc) is 3.28. The van der Waals surface area contributed by atoms with Crippen LogP contribution in [0, 0.1) is 6.92 Å². The molecule has 2 aromatic heterocycles. The van der Waals surface area contributed by atoms with Crippen molar-refractivity contribution in [1.29, 1.82) is 0 Å². The second-order valence-electron chi connectivity index (χ2n) is 9.82. The van der Waals surface area contributed by atoms with E-state index < -0.39 is 24.0 Å². The standard InChI is InChI=1S/C30H32BrClN4O4/c1-3-4-5-10-26-35-27-18(2)21(12-13-24(27)36(26)17-19-11-14-25(31)33-16-19)29(38)34-23(28(37)30(39)40)15-20-8-6-7-9-22(20)32/h6-9,11-14,16,23,28,37H,3-5,10,15,17H2,1-2H3,(H,34,38)(H,39,40). The summed E-state index contributed by atoms with van der Waals surface area (Å²) in [7, 11) is 0. The first kappa shape index (κ1) is 29.7. The highest BCUT2D eigenvalue weighted by Crippen LogP contribution is 2.26. The Balaban J connectivity index is 1.67. The van der Waals surface area contributed by atoms with Crippen molar-refractivity contribution in [3.05, 3.63) is 92.4 Å². The van der Waals surface area contributed by atoms with Gasteiger partial charge in [0.2, 0.25) is 0 Å². The predicted octanol–water partition coefficient (Wildman–Crippen LogP) is 5.72. The molecule has 210 valence electrons. The molecular formula is C30H32BrClN4O4. The summed E-state index contributed by atoms with van der Waals surface area (Å²) in [5.74, 6) is -0.983. The lowest BCUT2D eigenvalue weighted by atomic mass is 9.99. The fraction of sp³-hybridized carbons (Fsp3) is 0.333. The topological polar surface area (TPSA) is 117 Å². The molecule has 10 heteroatoms. The van der Waals surface area contributed by atoms with Crippen LogP contribution in [0.25, 0.3) is 11.0 Å². The van der Waals surface area contributed by atoms with Gasteiger partial charge in [-0.25, -0.2) is 14.8 Å². The van der Waals surface area contributed by atoms with E-state index in [9.17, 15) is 19.8 Å². The lowest BCUT2D eigenvalue weighted by Crippen LogP contribution is -2.48. The van der Waals surface area contributed by atoms with Gasteiger partial charge in [0, 0.05) is 23.2 Å². The average molecular weight is 628 g/mol. The van der Waals surface area contributed by atoms with Gasteiger partial charge in [-0.05, 0) is 76.7 Å². The lowest BCUT2D eigenvalue weighted by molar-refractivity contribution is -0.148. The van der Waals surface area contributed by atoms with Gasteiger partial charge in [0.05, 0.1) is 23.6 Å². The number of imidazole rings is 1. The number of amides is 1. The number of carbonyl (C=O) groups is 2. The molecular weight excluding hydrogens is 596 g/mol. The molecule has 0 spiro atoms. The molecule has 0 aliphatic rings. The Morgan fingerprint density at radius 2 is 1.90 bits per heavy atom. The van der Waals surface area contributed by atoms with E-state index in [1.165, 1.54) is 0 Å². The predicted molar refractivity (Wildman–Crippen MR) is 159 cm³/mol. The molecule has 4 aromatic rings. The number of rotatable bonds is 12. The molecule has 8 nitrogen and oxygen atoms in total. The van der Waals surface area contributed by atoms with Crippen molar-refractivity contribution in [2.24, 2.45) is 0 Å². The van der Waals surface area contributed by atoms with Crippen molar-refractivity contribution < 1.29 is 19.8 Å². The third-order valence-electron chi connectivity index (χ3n) is 6.98. The van der Waals surface area contributed by atoms with Crippen LogP contribution in [0.1, 0.15) is 59.1 Å². The molecule has 0 bridgehead atoms. The lowest BCUT2D eigenvalue weighted by Gasteiger charge is -2.22. The number of nitrogens with one attached hydrogen (secondary N) is 1. The highest BCUT2D eigenvalue weighted by Gasteiger charge is 2.29. The van der Waals surface area contributed by atoms with E-state index in [0.29, 0.717) is 33.8 Å². The Morgan fingerprint density at radius 1 is 1.12 bits per heavy atom. The van der Waals surface area contributed by atoms with Gasteiger partial charge in [-0.1, -0.05) is 55.6 Å². The van der Waals surface area contributed by atoms with Crippen molar-refractivity contribution in [3.63, 3.8) is 0 Å². The summed E-state index contributed by atoms with van der Waals surface area (Å²) in [4.78, 5) is 34.4. The SMILES string of the molecule is CCCCCc1nc2c(C)c(C(=O)NC(Cc3ccccc3Cl)C(O)C(=O)O)ccc2n1Cc1ccc(Br)nc1. The van der Waals surface area contributed by atoms with E-state index in [-0.39, 0.29) is 6.42 Å². The number of aryl methyl sites for hydroxylation is 2. The minimum Gasteiger partial charge on any atom is -0.479 e. The first-order chi connectivity index (χ1) is 19.2. The number of aliphatic carboxylic acids is 1. The number of nitrogens with zero attached hydrogens (tertiary/aromatic N) is 3. The number of aliphatic hydroxyl groups is 1. The van der Waals surface area contributed by atoms with Gasteiger partial charge in [-0.15, -0.1) is 0 Å². The van der Waals surface area contributed by atoms with Crippen LogP contribution >= 0.6 is 27.5 Å². The van der Waals surface area contributed by atoms with Gasteiger partial charge in [-0.2, -0.15) is 0 Å². The highest BCUT2D eigenvalue weighted by atomic mass is 79.9. The minimum atomic E-state index is -1.81. The molecule has 2 unspecified atom stereocenters. The maximum absolute atomic E-state index is 13.5. The molecule has 2 heterocycles. The van der Waals surface area contributed by atoms with Gasteiger partial charge < -0.3 is 20.1 Å². The number of pyridine rings is 1. The summed E-state index contributed by atoms with van der Waals surface area (Å²) in [5.41, 5.74) is 4.32. The van der Waals surface area contributed by atoms with Crippen molar-refractivity contribution >= 4 is 50.4 Å². The zero-order valence-electron chi connectivity index (χ0n) is 22.4. The van der Waals surface area contributed by atoms with Crippen LogP contribution in [0.3, 0.4) is 0 Å². The third kappa shape index (κ3) is 6.89. The largest absolute Gasteiger partial charge is 0.479 e. The number of carbonyl (C=O) groups excluding carboxylic acids is 1. The second kappa shape index (κ2) is 13.4. The zero-order valence-corrected chi connectivity index (χ0v) is 24.7. The Hall–Kier alpha value is -3.27. The number of aromatic nitrogens is 3. The normalized spacial score (nSPS) is 12.8. The molecule has 0 fully saturated rings. The maximum atomic E-state index is 13.5. The van der Waals surface area contributed by atoms with Crippen LogP contribution in [0.15, 0.2) is 59.3 Å². The van der Waals surface area contributed by atoms with Gasteiger partial charge >= 0.3 is 5.97 Å². The van der Waals surface area contributed by atoms with Gasteiger partial charge in [0.15, 0.2) is 6.10 Å². The smallest absolute Gasteiger partial charge is 0.334 e. The third-order valence-corrected chi connectivity index (χ3v) is 7.82. The molecule has 1 amide bonds. The van der Waals surface area contributed by atoms with Crippen LogP contribution in [0.4, 0.5) is 0 Å². The zero-order chi connectivity index (χ0) is 28.8. The number of carboxylic acids is 1. The van der Waals surface area contributed by atoms with E-state index in [0.717, 1.165) is 47.2 Å². The summed E-state index contributed by atoms with van der Waals surface area (Å²) < 4.78 is 2.93. The summed E-state index contributed by atoms with van der Waals surface area (Å²) in [5, 5.41) is 23.0. The van der Waals surface area contributed by atoms with E-state index in [1.54, 1.807) is 30.3 Å². The second-order valence-corrected chi connectivity index (χ2v) is 11.0. The number of unbranched alkanes of at least 4 members (excludes halogenated alkanes) is 2. The van der Waals surface area contributed by atoms with Crippen LogP contribution < -0.4 is 5.32 Å². The van der Waals surface area contributed by atoms with Crippen LogP contribution in [-0.4, -0.2) is 48.8 Å². The number of aliphatic hydroxyl groups excluding tert-OH is 1. The van der Waals surface area contributed by atoms with Crippen molar-refractivity contribution in [2.75, 3.05) is 0 Å². The first-order valence-electron chi connectivity index (χ1n) is 13.2. The number of carboxylic acid groups (broad SMARTS) is 1. The van der Waals surface area contributed by atoms with Crippen molar-refractivity contribution in [2.45, 2.75) is 64.6 Å². The molecule has 0 saturated heterocycles. The molecule has 4 rings (SSSR count). The first-order valence-corrected chi connectivity index (χ1v) is 14.4. The molecule has 2 aromatic carbocycles. The molecule has 0 saturated carbocycles. The van der Waals surface area contributed by atoms with Gasteiger partial charge in [0.25, 0.3) is 5.91 Å². The fourth-order valence-corrected chi connectivity index (χ4v) is 5.21. The van der Waals surface area contributed by atoms with Crippen molar-refractivity contribution in [1.82, 2.24) is 19.9 Å². The molecule has 0 radical (unpaired) electrons. The number of halogens is 2. The number of hydrogen-bond acceptors (Lipinski definition) is 5. The minimum absolute atomic E-state index is 0.0532. The summed E-state index contributed by atoms with van der Waals surface area (Å²) in [6.45, 7) is 4.59. The van der Waals surface area contributed by atoms with Gasteiger partial charge in [0.1, 0.15) is 10.4 Å². The van der Waals surface area contributed by atoms with E-state index in [1.807, 2.05) is 31.3 Å². The summed E-state index contributed by atoms with van der Waals surface area (Å²) in [6.07, 6.45) is 4.06. The van der Waals surface area contributed by atoms with Crippen LogP contribution in [0.5, 0.6) is 0 Å². The van der Waals surface area contributed by atoms with E-state index in [2.05, 4.69) is 37.7 Å². The monoisotopic (exact) mass is 626 g/mol. The Morgan fingerprint density at radius 3 is 2.58 bits per heavy atom. The number of benzene rings is 2. The molecule has 2 atom stereocenters. The molecule has 40 heavy (non-hydrogen) atoms. The molecule has 0 aliphatic carbocycles. The number of hydrogen-bond donors (Lipinski definition) is 3. The Bertz CT molecular complexity index is 1510. The number of fused-ring (bicyclic) bond motifs is 1. The Kier molecular flexibility index (Phi) is 9.95. The van der Waals surface area contributed by atoms with Gasteiger partial charge in [-0.3, -0.25) is 4.79 Å².